The van der Waals surface area contributed by atoms with Crippen LogP contribution in [-0.4, -0.2) is 26.4 Å². The van der Waals surface area contributed by atoms with Crippen molar-refractivity contribution in [3.05, 3.63) is 16.3 Å². The van der Waals surface area contributed by atoms with E-state index in [4.69, 9.17) is 9.47 Å². The van der Waals surface area contributed by atoms with Gasteiger partial charge in [0.1, 0.15) is 5.75 Å². The minimum Gasteiger partial charge on any atom is -0.496 e. The maximum Gasteiger partial charge on any atom is 0.134 e. The van der Waals surface area contributed by atoms with E-state index in [2.05, 4.69) is 10.7 Å². The summed E-state index contributed by atoms with van der Waals surface area (Å²) in [5.41, 5.74) is 0. The normalized spacial score (nSPS) is 20.2. The fraction of sp³-hybridized carbons (Fsp3) is 0.667. The lowest BCUT2D eigenvalue weighted by atomic mass is 10.2. The molecule has 1 aliphatic rings. The lowest BCUT2D eigenvalue weighted by Crippen LogP contribution is -2.19. The Balaban J connectivity index is 1.64. The van der Waals surface area contributed by atoms with Crippen LogP contribution in [0.15, 0.2) is 11.4 Å². The molecule has 2 heterocycles. The molecule has 3 nitrogen and oxygen atoms in total. The molecule has 90 valence electrons. The highest BCUT2D eigenvalue weighted by atomic mass is 32.1. The van der Waals surface area contributed by atoms with E-state index < -0.39 is 0 Å². The van der Waals surface area contributed by atoms with Crippen LogP contribution in [0, 0.1) is 0 Å². The van der Waals surface area contributed by atoms with Gasteiger partial charge in [0, 0.05) is 13.2 Å². The molecule has 16 heavy (non-hydrogen) atoms. The summed E-state index contributed by atoms with van der Waals surface area (Å²) in [6, 6.07) is 2.02. The average Bonchev–Trinajstić information content (AvgIpc) is 2.95. The molecule has 1 fully saturated rings. The van der Waals surface area contributed by atoms with Crippen LogP contribution < -0.4 is 10.1 Å². The van der Waals surface area contributed by atoms with Crippen LogP contribution >= 0.6 is 11.3 Å². The monoisotopic (exact) mass is 241 g/mol. The molecule has 0 saturated carbocycles. The fourth-order valence-corrected chi connectivity index (χ4v) is 2.79. The Hall–Kier alpha value is -0.580. The number of rotatable bonds is 6. The standard InChI is InChI=1S/C12H19NO2S/c1-14-11-5-8-16-12(11)9-13-6-4-10-3-2-7-15-10/h5,8,10,13H,2-4,6-7,9H2,1H3. The highest BCUT2D eigenvalue weighted by Gasteiger charge is 2.14. The van der Waals surface area contributed by atoms with Gasteiger partial charge in [0.25, 0.3) is 0 Å². The lowest BCUT2D eigenvalue weighted by molar-refractivity contribution is 0.104. The fourth-order valence-electron chi connectivity index (χ4n) is 1.98. The summed E-state index contributed by atoms with van der Waals surface area (Å²) in [6.07, 6.45) is 4.05. The van der Waals surface area contributed by atoms with Crippen molar-refractivity contribution in [2.75, 3.05) is 20.3 Å². The third-order valence-corrected chi connectivity index (χ3v) is 3.78. The van der Waals surface area contributed by atoms with Gasteiger partial charge >= 0.3 is 0 Å². The van der Waals surface area contributed by atoms with E-state index in [1.165, 1.54) is 17.7 Å². The number of nitrogens with one attached hydrogen (secondary N) is 1. The maximum absolute atomic E-state index is 5.57. The van der Waals surface area contributed by atoms with Crippen molar-refractivity contribution in [3.63, 3.8) is 0 Å². The van der Waals surface area contributed by atoms with E-state index in [9.17, 15) is 0 Å². The van der Waals surface area contributed by atoms with E-state index in [1.54, 1.807) is 18.4 Å². The summed E-state index contributed by atoms with van der Waals surface area (Å²) in [4.78, 5) is 1.27. The van der Waals surface area contributed by atoms with Crippen LogP contribution in [0.4, 0.5) is 0 Å². The Kier molecular flexibility index (Phi) is 4.63. The first kappa shape index (κ1) is 11.9. The molecular weight excluding hydrogens is 222 g/mol. The predicted octanol–water partition coefficient (Wildman–Crippen LogP) is 2.42. The highest BCUT2D eigenvalue weighted by molar-refractivity contribution is 7.10. The van der Waals surface area contributed by atoms with Crippen molar-refractivity contribution < 1.29 is 9.47 Å². The van der Waals surface area contributed by atoms with Gasteiger partial charge in [-0.05, 0) is 37.3 Å². The first-order valence-electron chi connectivity index (χ1n) is 5.83. The van der Waals surface area contributed by atoms with Crippen LogP contribution in [0.25, 0.3) is 0 Å². The van der Waals surface area contributed by atoms with E-state index >= 15 is 0 Å². The van der Waals surface area contributed by atoms with Crippen LogP contribution in [0.2, 0.25) is 0 Å². The average molecular weight is 241 g/mol. The second-order valence-corrected chi connectivity index (χ2v) is 5.01. The zero-order valence-electron chi connectivity index (χ0n) is 9.70. The van der Waals surface area contributed by atoms with Gasteiger partial charge in [-0.25, -0.2) is 0 Å². The summed E-state index contributed by atoms with van der Waals surface area (Å²) in [6.45, 7) is 2.86. The van der Waals surface area contributed by atoms with Crippen molar-refractivity contribution in [2.45, 2.75) is 31.9 Å². The second kappa shape index (κ2) is 6.23. The molecule has 4 heteroatoms. The highest BCUT2D eigenvalue weighted by Crippen LogP contribution is 2.24. The van der Waals surface area contributed by atoms with Crippen molar-refractivity contribution in [3.8, 4) is 5.75 Å². The van der Waals surface area contributed by atoms with Crippen LogP contribution in [0.3, 0.4) is 0 Å². The molecule has 1 aliphatic heterocycles. The number of hydrogen-bond acceptors (Lipinski definition) is 4. The minimum atomic E-state index is 0.484. The van der Waals surface area contributed by atoms with Gasteiger partial charge in [-0.15, -0.1) is 11.3 Å². The van der Waals surface area contributed by atoms with Gasteiger partial charge in [-0.1, -0.05) is 0 Å². The Bertz CT molecular complexity index is 308. The molecule has 1 N–H and O–H groups in total. The third kappa shape index (κ3) is 3.20. The molecule has 0 aromatic carbocycles. The molecule has 0 spiro atoms. The summed E-state index contributed by atoms with van der Waals surface area (Å²) in [5, 5.41) is 5.51. The molecule has 0 bridgehead atoms. The van der Waals surface area contributed by atoms with Crippen LogP contribution in [0.1, 0.15) is 24.1 Å². The lowest BCUT2D eigenvalue weighted by Gasteiger charge is -2.09. The van der Waals surface area contributed by atoms with Crippen LogP contribution in [0.5, 0.6) is 5.75 Å². The zero-order chi connectivity index (χ0) is 11.2. The first-order valence-corrected chi connectivity index (χ1v) is 6.71. The van der Waals surface area contributed by atoms with Crippen molar-refractivity contribution in [1.29, 1.82) is 0 Å². The van der Waals surface area contributed by atoms with Gasteiger partial charge in [-0.3, -0.25) is 0 Å². The van der Waals surface area contributed by atoms with E-state index in [-0.39, 0.29) is 0 Å². The van der Waals surface area contributed by atoms with Crippen molar-refractivity contribution in [1.82, 2.24) is 5.32 Å². The van der Waals surface area contributed by atoms with Gasteiger partial charge in [0.15, 0.2) is 0 Å². The molecule has 1 unspecified atom stereocenters. The Morgan fingerprint density at radius 3 is 3.31 bits per heavy atom. The van der Waals surface area contributed by atoms with Crippen molar-refractivity contribution in [2.24, 2.45) is 0 Å². The summed E-state index contributed by atoms with van der Waals surface area (Å²) in [7, 11) is 1.72. The predicted molar refractivity (Wildman–Crippen MR) is 66.2 cm³/mol. The number of methoxy groups -OCH3 is 1. The molecule has 1 aromatic heterocycles. The van der Waals surface area contributed by atoms with Gasteiger partial charge < -0.3 is 14.8 Å². The smallest absolute Gasteiger partial charge is 0.134 e. The number of ether oxygens (including phenoxy) is 2. The van der Waals surface area contributed by atoms with Gasteiger partial charge in [0.05, 0.1) is 18.1 Å². The molecular formula is C12H19NO2S. The first-order chi connectivity index (χ1) is 7.90. The quantitative estimate of drug-likeness (QED) is 0.776. The number of hydrogen-bond donors (Lipinski definition) is 1. The molecule has 0 aliphatic carbocycles. The molecule has 0 amide bonds. The molecule has 1 atom stereocenters. The van der Waals surface area contributed by atoms with Gasteiger partial charge in [0.2, 0.25) is 0 Å². The van der Waals surface area contributed by atoms with Crippen molar-refractivity contribution >= 4 is 11.3 Å². The molecule has 1 saturated heterocycles. The van der Waals surface area contributed by atoms with E-state index in [0.717, 1.165) is 31.9 Å². The topological polar surface area (TPSA) is 30.5 Å². The molecule has 1 aromatic rings. The Morgan fingerprint density at radius 1 is 1.62 bits per heavy atom. The Labute approximate surface area is 101 Å². The number of thiophene rings is 1. The zero-order valence-corrected chi connectivity index (χ0v) is 10.5. The molecule has 0 radical (unpaired) electrons. The van der Waals surface area contributed by atoms with E-state index in [1.807, 2.05) is 6.07 Å². The molecule has 2 rings (SSSR count). The second-order valence-electron chi connectivity index (χ2n) is 4.01. The minimum absolute atomic E-state index is 0.484. The summed E-state index contributed by atoms with van der Waals surface area (Å²) < 4.78 is 10.8. The Morgan fingerprint density at radius 2 is 2.56 bits per heavy atom. The summed E-state index contributed by atoms with van der Waals surface area (Å²) in [5.74, 6) is 0.995. The van der Waals surface area contributed by atoms with Gasteiger partial charge in [-0.2, -0.15) is 0 Å². The largest absolute Gasteiger partial charge is 0.496 e. The van der Waals surface area contributed by atoms with E-state index in [0.29, 0.717) is 6.10 Å². The van der Waals surface area contributed by atoms with Crippen LogP contribution in [-0.2, 0) is 11.3 Å². The third-order valence-electron chi connectivity index (χ3n) is 2.88. The maximum atomic E-state index is 5.57. The SMILES string of the molecule is COc1ccsc1CNCCC1CCCO1. The summed E-state index contributed by atoms with van der Waals surface area (Å²) >= 11 is 1.74.